The Balaban J connectivity index is 2.48. The van der Waals surface area contributed by atoms with Gasteiger partial charge >= 0.3 is 5.97 Å². The van der Waals surface area contributed by atoms with Gasteiger partial charge in [-0.1, -0.05) is 11.6 Å². The minimum atomic E-state index is -1.22. The molecule has 84 valence electrons. The summed E-state index contributed by atoms with van der Waals surface area (Å²) in [4.78, 5) is 27.7. The van der Waals surface area contributed by atoms with Crippen molar-refractivity contribution in [3.63, 3.8) is 0 Å². The molecule has 1 aromatic carbocycles. The van der Waals surface area contributed by atoms with E-state index in [0.717, 1.165) is 5.56 Å². The van der Waals surface area contributed by atoms with Gasteiger partial charge in [0.05, 0.1) is 0 Å². The largest absolute Gasteiger partial charge is 0.373 e. The monoisotopic (exact) mass is 239 g/mol. The summed E-state index contributed by atoms with van der Waals surface area (Å²) < 4.78 is 0. The lowest BCUT2D eigenvalue weighted by molar-refractivity contribution is -0.152. The summed E-state index contributed by atoms with van der Waals surface area (Å²) in [5.74, 6) is 3.85. The Hall–Kier alpha value is -1.39. The molecule has 16 heavy (non-hydrogen) atoms. The zero-order valence-electron chi connectivity index (χ0n) is 8.62. The fourth-order valence-electron chi connectivity index (χ4n) is 1.98. The molecule has 0 aliphatic heterocycles. The molecule has 1 unspecified atom stereocenters. The van der Waals surface area contributed by atoms with Gasteiger partial charge in [-0.25, -0.2) is 4.79 Å². The minimum Gasteiger partial charge on any atom is -0.373 e. The standard InChI is InChI=1S/C11H10ClNO3/c1-11(10(15)16-13)5-6-4-7(12)2-3-8(6)9(11)14/h2-4H,5,13H2,1H3. The summed E-state index contributed by atoms with van der Waals surface area (Å²) in [5, 5.41) is 0.539. The van der Waals surface area contributed by atoms with Crippen LogP contribution in [-0.2, 0) is 16.1 Å². The van der Waals surface area contributed by atoms with E-state index in [0.29, 0.717) is 10.6 Å². The first kappa shape index (κ1) is 11.1. The van der Waals surface area contributed by atoms with Gasteiger partial charge in [0, 0.05) is 10.6 Å². The van der Waals surface area contributed by atoms with Gasteiger partial charge in [0.2, 0.25) is 0 Å². The van der Waals surface area contributed by atoms with Crippen LogP contribution in [0.5, 0.6) is 0 Å². The third-order valence-corrected chi connectivity index (χ3v) is 3.15. The molecule has 0 amide bonds. The smallest absolute Gasteiger partial charge is 0.338 e. The lowest BCUT2D eigenvalue weighted by Gasteiger charge is -2.17. The van der Waals surface area contributed by atoms with Crippen molar-refractivity contribution in [2.24, 2.45) is 11.3 Å². The molecule has 2 N–H and O–H groups in total. The second-order valence-electron chi connectivity index (χ2n) is 4.04. The summed E-state index contributed by atoms with van der Waals surface area (Å²) >= 11 is 5.83. The summed E-state index contributed by atoms with van der Waals surface area (Å²) in [6.45, 7) is 1.53. The maximum Gasteiger partial charge on any atom is 0.338 e. The van der Waals surface area contributed by atoms with Gasteiger partial charge in [0.25, 0.3) is 0 Å². The molecule has 1 aromatic rings. The van der Waals surface area contributed by atoms with Gasteiger partial charge in [-0.15, -0.1) is 0 Å². The van der Waals surface area contributed by atoms with Crippen molar-refractivity contribution >= 4 is 23.4 Å². The molecule has 0 heterocycles. The van der Waals surface area contributed by atoms with Crippen molar-refractivity contribution in [1.29, 1.82) is 0 Å². The predicted octanol–water partition coefficient (Wildman–Crippen LogP) is 1.50. The lowest BCUT2D eigenvalue weighted by Crippen LogP contribution is -2.37. The van der Waals surface area contributed by atoms with Gasteiger partial charge in [-0.3, -0.25) is 4.79 Å². The molecular weight excluding hydrogens is 230 g/mol. The fraction of sp³-hybridized carbons (Fsp3) is 0.273. The Morgan fingerprint density at radius 3 is 2.88 bits per heavy atom. The first-order chi connectivity index (χ1) is 7.49. The average Bonchev–Trinajstić information content (AvgIpc) is 2.51. The number of carbonyl (C=O) groups is 2. The first-order valence-electron chi connectivity index (χ1n) is 4.73. The van der Waals surface area contributed by atoms with Crippen molar-refractivity contribution in [2.75, 3.05) is 0 Å². The maximum atomic E-state index is 12.0. The van der Waals surface area contributed by atoms with Crippen LogP contribution in [-0.4, -0.2) is 11.8 Å². The SMILES string of the molecule is CC1(C(=O)ON)Cc2cc(Cl)ccc2C1=O. The van der Waals surface area contributed by atoms with Gasteiger partial charge in [0.15, 0.2) is 5.78 Å². The Bertz CT molecular complexity index is 486. The molecule has 0 saturated carbocycles. The summed E-state index contributed by atoms with van der Waals surface area (Å²) in [6.07, 6.45) is 0.276. The van der Waals surface area contributed by atoms with E-state index in [1.165, 1.54) is 6.92 Å². The van der Waals surface area contributed by atoms with Gasteiger partial charge in [-0.2, -0.15) is 5.90 Å². The van der Waals surface area contributed by atoms with Gasteiger partial charge in [0.1, 0.15) is 5.41 Å². The highest BCUT2D eigenvalue weighted by Gasteiger charge is 2.48. The lowest BCUT2D eigenvalue weighted by atomic mass is 9.86. The van der Waals surface area contributed by atoms with Crippen LogP contribution in [0.1, 0.15) is 22.8 Å². The third kappa shape index (κ3) is 1.42. The van der Waals surface area contributed by atoms with E-state index >= 15 is 0 Å². The van der Waals surface area contributed by atoms with Gasteiger partial charge < -0.3 is 4.84 Å². The molecule has 0 fully saturated rings. The zero-order chi connectivity index (χ0) is 11.9. The Kier molecular flexibility index (Phi) is 2.48. The van der Waals surface area contributed by atoms with Crippen molar-refractivity contribution in [3.05, 3.63) is 34.3 Å². The number of fused-ring (bicyclic) bond motifs is 1. The molecule has 4 nitrogen and oxygen atoms in total. The van der Waals surface area contributed by atoms with Crippen molar-refractivity contribution in [2.45, 2.75) is 13.3 Å². The second-order valence-corrected chi connectivity index (χ2v) is 4.48. The number of hydrogen-bond acceptors (Lipinski definition) is 4. The molecule has 0 saturated heterocycles. The van der Waals surface area contributed by atoms with E-state index in [2.05, 4.69) is 4.84 Å². The Labute approximate surface area is 97.3 Å². The normalized spacial score (nSPS) is 23.1. The molecule has 0 radical (unpaired) electrons. The molecule has 0 aromatic heterocycles. The minimum absolute atomic E-state index is 0.269. The van der Waals surface area contributed by atoms with E-state index in [1.807, 2.05) is 0 Å². The molecule has 0 spiro atoms. The van der Waals surface area contributed by atoms with Crippen LogP contribution in [0.4, 0.5) is 0 Å². The Morgan fingerprint density at radius 1 is 1.56 bits per heavy atom. The molecule has 5 heteroatoms. The predicted molar refractivity (Wildman–Crippen MR) is 57.9 cm³/mol. The van der Waals surface area contributed by atoms with Crippen molar-refractivity contribution in [3.8, 4) is 0 Å². The number of rotatable bonds is 1. The number of halogens is 1. The number of hydrogen-bond donors (Lipinski definition) is 1. The molecular formula is C11H10ClNO3. The van der Waals surface area contributed by atoms with E-state index in [4.69, 9.17) is 17.5 Å². The van der Waals surface area contributed by atoms with Crippen LogP contribution in [0.3, 0.4) is 0 Å². The van der Waals surface area contributed by atoms with Crippen LogP contribution in [0, 0.1) is 5.41 Å². The quantitative estimate of drug-likeness (QED) is 0.596. The summed E-state index contributed by atoms with van der Waals surface area (Å²) in [5.41, 5.74) is 0.0459. The Morgan fingerprint density at radius 2 is 2.25 bits per heavy atom. The summed E-state index contributed by atoms with van der Waals surface area (Å²) in [6, 6.07) is 4.93. The molecule has 0 bridgehead atoms. The highest BCUT2D eigenvalue weighted by Crippen LogP contribution is 2.38. The highest BCUT2D eigenvalue weighted by atomic mass is 35.5. The third-order valence-electron chi connectivity index (χ3n) is 2.91. The van der Waals surface area contributed by atoms with E-state index < -0.39 is 11.4 Å². The average molecular weight is 240 g/mol. The molecule has 1 aliphatic carbocycles. The number of carbonyl (C=O) groups excluding carboxylic acids is 2. The molecule has 1 atom stereocenters. The van der Waals surface area contributed by atoms with Crippen LogP contribution in [0.15, 0.2) is 18.2 Å². The van der Waals surface area contributed by atoms with Crippen LogP contribution >= 0.6 is 11.6 Å². The van der Waals surface area contributed by atoms with E-state index in [9.17, 15) is 9.59 Å². The number of ketones is 1. The van der Waals surface area contributed by atoms with Crippen LogP contribution in [0.25, 0.3) is 0 Å². The maximum absolute atomic E-state index is 12.0. The number of benzene rings is 1. The van der Waals surface area contributed by atoms with Crippen LogP contribution < -0.4 is 5.90 Å². The van der Waals surface area contributed by atoms with E-state index in [-0.39, 0.29) is 12.2 Å². The van der Waals surface area contributed by atoms with Crippen molar-refractivity contribution in [1.82, 2.24) is 0 Å². The summed E-state index contributed by atoms with van der Waals surface area (Å²) in [7, 11) is 0. The van der Waals surface area contributed by atoms with Crippen molar-refractivity contribution < 1.29 is 14.4 Å². The van der Waals surface area contributed by atoms with E-state index in [1.54, 1.807) is 18.2 Å². The van der Waals surface area contributed by atoms with Crippen LogP contribution in [0.2, 0.25) is 5.02 Å². The fourth-order valence-corrected chi connectivity index (χ4v) is 2.18. The second kappa shape index (κ2) is 3.57. The molecule has 1 aliphatic rings. The molecule has 2 rings (SSSR count). The number of Topliss-reactive ketones (excluding diaryl/α,β-unsaturated/α-hetero) is 1. The highest BCUT2D eigenvalue weighted by molar-refractivity contribution is 6.31. The zero-order valence-corrected chi connectivity index (χ0v) is 9.38. The topological polar surface area (TPSA) is 69.4 Å². The first-order valence-corrected chi connectivity index (χ1v) is 5.11. The number of nitrogens with two attached hydrogens (primary N) is 1. The van der Waals surface area contributed by atoms with Gasteiger partial charge in [-0.05, 0) is 37.1 Å².